The van der Waals surface area contributed by atoms with Crippen LogP contribution in [0.2, 0.25) is 0 Å². The van der Waals surface area contributed by atoms with Gasteiger partial charge < -0.3 is 14.3 Å². The Kier molecular flexibility index (Phi) is 6.62. The van der Waals surface area contributed by atoms with Crippen molar-refractivity contribution in [2.75, 3.05) is 26.2 Å². The van der Waals surface area contributed by atoms with Gasteiger partial charge in [0.15, 0.2) is 5.76 Å². The molecule has 1 aliphatic carbocycles. The topological polar surface area (TPSA) is 113 Å². The van der Waals surface area contributed by atoms with Gasteiger partial charge in [-0.15, -0.1) is 0 Å². The fraction of sp³-hybridized carbons (Fsp3) is 0.737. The summed E-state index contributed by atoms with van der Waals surface area (Å²) in [6, 6.07) is -0.922. The van der Waals surface area contributed by atoms with E-state index < -0.39 is 16.1 Å². The lowest BCUT2D eigenvalue weighted by Gasteiger charge is -2.36. The zero-order valence-corrected chi connectivity index (χ0v) is 18.1. The Labute approximate surface area is 171 Å². The average molecular weight is 427 g/mol. The Morgan fingerprint density at radius 3 is 2.28 bits per heavy atom. The highest BCUT2D eigenvalue weighted by atomic mass is 32.2. The Morgan fingerprint density at radius 2 is 1.72 bits per heavy atom. The number of nitrogens with zero attached hydrogens (tertiary/aromatic N) is 3. The maximum Gasteiger partial charge on any atom is 0.246 e. The molecule has 2 heterocycles. The van der Waals surface area contributed by atoms with Crippen LogP contribution in [0.4, 0.5) is 0 Å². The fourth-order valence-corrected chi connectivity index (χ4v) is 5.77. The van der Waals surface area contributed by atoms with Crippen molar-refractivity contribution >= 4 is 21.8 Å². The van der Waals surface area contributed by atoms with Gasteiger partial charge in [-0.25, -0.2) is 8.42 Å². The van der Waals surface area contributed by atoms with Crippen molar-refractivity contribution in [1.29, 1.82) is 0 Å². The summed E-state index contributed by atoms with van der Waals surface area (Å²) in [5, 5.41) is 3.66. The van der Waals surface area contributed by atoms with Crippen LogP contribution in [0, 0.1) is 19.8 Å². The first-order chi connectivity index (χ1) is 13.7. The minimum Gasteiger partial charge on any atom is -0.360 e. The zero-order valence-electron chi connectivity index (χ0n) is 17.3. The van der Waals surface area contributed by atoms with Crippen LogP contribution < -0.4 is 4.72 Å². The van der Waals surface area contributed by atoms with E-state index in [0.29, 0.717) is 38.5 Å². The van der Waals surface area contributed by atoms with E-state index in [1.165, 1.54) is 26.7 Å². The molecule has 2 fully saturated rings. The van der Waals surface area contributed by atoms with Gasteiger partial charge in [-0.3, -0.25) is 9.59 Å². The highest BCUT2D eigenvalue weighted by molar-refractivity contribution is 7.89. The molecule has 1 saturated carbocycles. The molecule has 2 aliphatic rings. The standard InChI is InChI=1S/C19H30N4O5S/c1-13-18(15(3)28-20-13)29(26,27)21-14(2)19(25)23-10-8-22(9-11-23)17(24)12-16-6-4-5-7-16/h14,16,21H,4-12H2,1-3H3/t14-/m0/s1. The van der Waals surface area contributed by atoms with E-state index in [0.717, 1.165) is 12.8 Å². The molecule has 162 valence electrons. The van der Waals surface area contributed by atoms with Crippen molar-refractivity contribution in [3.05, 3.63) is 11.5 Å². The number of rotatable bonds is 6. The van der Waals surface area contributed by atoms with Crippen molar-refractivity contribution < 1.29 is 22.5 Å². The highest BCUT2D eigenvalue weighted by Gasteiger charge is 2.32. The molecule has 1 saturated heterocycles. The predicted molar refractivity (Wildman–Crippen MR) is 105 cm³/mol. The Balaban J connectivity index is 1.52. The third-order valence-corrected chi connectivity index (χ3v) is 7.61. The van der Waals surface area contributed by atoms with Crippen LogP contribution in [0.1, 0.15) is 50.5 Å². The van der Waals surface area contributed by atoms with Crippen molar-refractivity contribution in [3.8, 4) is 0 Å². The van der Waals surface area contributed by atoms with E-state index in [2.05, 4.69) is 9.88 Å². The van der Waals surface area contributed by atoms with Crippen LogP contribution in [-0.4, -0.2) is 67.4 Å². The zero-order chi connectivity index (χ0) is 21.2. The molecule has 9 nitrogen and oxygen atoms in total. The average Bonchev–Trinajstić information content (AvgIpc) is 3.30. The monoisotopic (exact) mass is 426 g/mol. The third kappa shape index (κ3) is 4.98. The third-order valence-electron chi connectivity index (χ3n) is 5.82. The minimum atomic E-state index is -3.92. The van der Waals surface area contributed by atoms with Gasteiger partial charge in [0.05, 0.1) is 6.04 Å². The van der Waals surface area contributed by atoms with Crippen molar-refractivity contribution in [2.24, 2.45) is 5.92 Å². The summed E-state index contributed by atoms with van der Waals surface area (Å²) in [6.45, 7) is 6.37. The molecule has 0 aromatic carbocycles. The van der Waals surface area contributed by atoms with Gasteiger partial charge in [0.2, 0.25) is 21.8 Å². The summed E-state index contributed by atoms with van der Waals surface area (Å²) >= 11 is 0. The Morgan fingerprint density at radius 1 is 1.14 bits per heavy atom. The molecular formula is C19H30N4O5S. The van der Waals surface area contributed by atoms with Crippen LogP contribution in [0.3, 0.4) is 0 Å². The number of amides is 2. The van der Waals surface area contributed by atoms with Crippen LogP contribution in [0.15, 0.2) is 9.42 Å². The van der Waals surface area contributed by atoms with E-state index in [-0.39, 0.29) is 28.2 Å². The van der Waals surface area contributed by atoms with E-state index in [1.54, 1.807) is 11.8 Å². The lowest BCUT2D eigenvalue weighted by molar-refractivity contribution is -0.140. The fourth-order valence-electron chi connectivity index (χ4n) is 4.24. The van der Waals surface area contributed by atoms with Crippen molar-refractivity contribution in [3.63, 3.8) is 0 Å². The number of hydrogen-bond donors (Lipinski definition) is 1. The summed E-state index contributed by atoms with van der Waals surface area (Å²) in [5.41, 5.74) is 0.254. The number of aromatic nitrogens is 1. The summed E-state index contributed by atoms with van der Waals surface area (Å²) in [5.74, 6) is 0.546. The molecule has 0 spiro atoms. The second-order valence-electron chi connectivity index (χ2n) is 8.06. The first-order valence-corrected chi connectivity index (χ1v) is 11.7. The second kappa shape index (κ2) is 8.83. The number of aryl methyl sites for hydroxylation is 2. The summed E-state index contributed by atoms with van der Waals surface area (Å²) in [6.07, 6.45) is 5.28. The summed E-state index contributed by atoms with van der Waals surface area (Å²) in [7, 11) is -3.92. The van der Waals surface area contributed by atoms with Gasteiger partial charge in [-0.05, 0) is 39.5 Å². The van der Waals surface area contributed by atoms with Crippen LogP contribution in [0.5, 0.6) is 0 Å². The molecule has 1 aromatic rings. The molecular weight excluding hydrogens is 396 g/mol. The van der Waals surface area contributed by atoms with Crippen LogP contribution in [0.25, 0.3) is 0 Å². The Bertz CT molecular complexity index is 832. The maximum atomic E-state index is 12.7. The largest absolute Gasteiger partial charge is 0.360 e. The van der Waals surface area contributed by atoms with Gasteiger partial charge in [0.25, 0.3) is 0 Å². The molecule has 0 unspecified atom stereocenters. The molecule has 1 aromatic heterocycles. The van der Waals surface area contributed by atoms with Gasteiger partial charge in [-0.1, -0.05) is 18.0 Å². The normalized spacial score (nSPS) is 19.6. The molecule has 1 atom stereocenters. The lowest BCUT2D eigenvalue weighted by atomic mass is 10.0. The molecule has 2 amide bonds. The smallest absolute Gasteiger partial charge is 0.246 e. The Hall–Kier alpha value is -1.94. The molecule has 3 rings (SSSR count). The van der Waals surface area contributed by atoms with Gasteiger partial charge in [-0.2, -0.15) is 4.72 Å². The molecule has 10 heteroatoms. The summed E-state index contributed by atoms with van der Waals surface area (Å²) < 4.78 is 32.5. The van der Waals surface area contributed by atoms with Crippen LogP contribution in [-0.2, 0) is 19.6 Å². The second-order valence-corrected chi connectivity index (χ2v) is 9.71. The number of nitrogens with one attached hydrogen (secondary N) is 1. The molecule has 0 radical (unpaired) electrons. The quantitative estimate of drug-likeness (QED) is 0.732. The van der Waals surface area contributed by atoms with E-state index >= 15 is 0 Å². The maximum absolute atomic E-state index is 12.7. The number of carbonyl (C=O) groups is 2. The highest BCUT2D eigenvalue weighted by Crippen LogP contribution is 2.28. The minimum absolute atomic E-state index is 0.0283. The summed E-state index contributed by atoms with van der Waals surface area (Å²) in [4.78, 5) is 28.6. The molecule has 1 N–H and O–H groups in total. The number of hydrogen-bond acceptors (Lipinski definition) is 6. The van der Waals surface area contributed by atoms with Crippen molar-refractivity contribution in [2.45, 2.75) is 63.8 Å². The molecule has 29 heavy (non-hydrogen) atoms. The van der Waals surface area contributed by atoms with E-state index in [9.17, 15) is 18.0 Å². The van der Waals surface area contributed by atoms with Crippen LogP contribution >= 0.6 is 0 Å². The van der Waals surface area contributed by atoms with Crippen molar-refractivity contribution in [1.82, 2.24) is 19.7 Å². The van der Waals surface area contributed by atoms with Gasteiger partial charge in [0.1, 0.15) is 10.6 Å². The number of sulfonamides is 1. The predicted octanol–water partition coefficient (Wildman–Crippen LogP) is 1.21. The SMILES string of the molecule is Cc1noc(C)c1S(=O)(=O)N[C@@H](C)C(=O)N1CCN(C(=O)CC2CCCC2)CC1. The first kappa shape index (κ1) is 21.8. The van der Waals surface area contributed by atoms with E-state index in [4.69, 9.17) is 4.52 Å². The number of piperazine rings is 1. The first-order valence-electron chi connectivity index (χ1n) is 10.2. The molecule has 1 aliphatic heterocycles. The lowest BCUT2D eigenvalue weighted by Crippen LogP contribution is -2.55. The molecule has 0 bridgehead atoms. The van der Waals surface area contributed by atoms with E-state index in [1.807, 2.05) is 4.90 Å². The van der Waals surface area contributed by atoms with Gasteiger partial charge >= 0.3 is 0 Å². The number of carbonyl (C=O) groups excluding carboxylic acids is 2. The van der Waals surface area contributed by atoms with Gasteiger partial charge in [0, 0.05) is 32.6 Å².